The summed E-state index contributed by atoms with van der Waals surface area (Å²) in [6.07, 6.45) is 0. The zero-order valence-electron chi connectivity index (χ0n) is 37.5. The van der Waals surface area contributed by atoms with Crippen molar-refractivity contribution >= 4 is 66.4 Å². The van der Waals surface area contributed by atoms with Gasteiger partial charge in [-0.05, 0) is 139 Å². The molecule has 0 aromatic heterocycles. The third-order valence-electron chi connectivity index (χ3n) is 13.2. The lowest BCUT2D eigenvalue weighted by molar-refractivity contribution is 0.601. The van der Waals surface area contributed by atoms with Gasteiger partial charge in [0.05, 0.1) is 22.7 Å². The van der Waals surface area contributed by atoms with Crippen molar-refractivity contribution in [1.29, 1.82) is 0 Å². The van der Waals surface area contributed by atoms with Crippen molar-refractivity contribution in [2.45, 2.75) is 0 Å². The molecule has 0 fully saturated rings. The normalized spacial score (nSPS) is 11.4. The van der Waals surface area contributed by atoms with Gasteiger partial charge in [-0.2, -0.15) is 0 Å². The summed E-state index contributed by atoms with van der Waals surface area (Å²) >= 11 is 0. The number of anilines is 6. The lowest BCUT2D eigenvalue weighted by Crippen LogP contribution is -2.14. The number of rotatable bonds is 10. The van der Waals surface area contributed by atoms with Gasteiger partial charge in [0.2, 0.25) is 0 Å². The van der Waals surface area contributed by atoms with Crippen molar-refractivity contribution in [3.05, 3.63) is 266 Å². The lowest BCUT2D eigenvalue weighted by Gasteiger charge is -2.30. The molecule has 0 aliphatic heterocycles. The van der Waals surface area contributed by atoms with Crippen LogP contribution in [0.1, 0.15) is 0 Å². The van der Waals surface area contributed by atoms with Gasteiger partial charge in [0.1, 0.15) is 23.3 Å². The molecule has 0 saturated carbocycles. The second kappa shape index (κ2) is 17.6. The Hall–Kier alpha value is -9.00. The van der Waals surface area contributed by atoms with E-state index in [0.29, 0.717) is 22.7 Å². The van der Waals surface area contributed by atoms with E-state index in [9.17, 15) is 0 Å². The highest BCUT2D eigenvalue weighted by molar-refractivity contribution is 6.28. The van der Waals surface area contributed by atoms with Gasteiger partial charge in [-0.1, -0.05) is 158 Å². The monoisotopic (exact) mass is 912 g/mol. The second-order valence-electron chi connectivity index (χ2n) is 17.5. The Labute approximate surface area is 402 Å². The van der Waals surface area contributed by atoms with Crippen molar-refractivity contribution in [3.8, 4) is 44.5 Å². The maximum absolute atomic E-state index is 16.6. The van der Waals surface area contributed by atoms with Crippen LogP contribution in [-0.4, -0.2) is 0 Å². The molecule has 0 spiro atoms. The molecule has 0 amide bonds. The van der Waals surface area contributed by atoms with Gasteiger partial charge in [0.25, 0.3) is 0 Å². The standard InChI is InChI=1S/C64H40F4N2/c65-51-25-29-57(67)61(39-51)69(53-35-47(41-13-5-1-6-14-41)33-48(36-53)42-15-7-2-8-16-42)59-31-23-45-22-28-56-60(32-24-46-21-27-55(59)63(45)64(46)56)70(62-40-52(66)26-30-58(62)68)54-37-49(43-17-9-3-10-18-43)34-50(38-54)44-19-11-4-12-20-44/h1-40H. The van der Waals surface area contributed by atoms with E-state index in [0.717, 1.165) is 101 Å². The first-order valence-corrected chi connectivity index (χ1v) is 23.1. The predicted octanol–water partition coefficient (Wildman–Crippen LogP) is 18.7. The fourth-order valence-electron chi connectivity index (χ4n) is 9.96. The summed E-state index contributed by atoms with van der Waals surface area (Å²) in [6.45, 7) is 0. The summed E-state index contributed by atoms with van der Waals surface area (Å²) in [7, 11) is 0. The average Bonchev–Trinajstić information content (AvgIpc) is 3.41. The Morgan fingerprint density at radius 1 is 0.243 bits per heavy atom. The van der Waals surface area contributed by atoms with Crippen molar-refractivity contribution in [1.82, 2.24) is 0 Å². The molecule has 0 saturated heterocycles. The van der Waals surface area contributed by atoms with Crippen molar-refractivity contribution in [2.24, 2.45) is 0 Å². The lowest BCUT2D eigenvalue weighted by atomic mass is 9.91. The molecule has 0 aliphatic rings. The minimum absolute atomic E-state index is 0.0419. The number of nitrogens with zero attached hydrogens (tertiary/aromatic N) is 2. The van der Waals surface area contributed by atoms with Crippen LogP contribution in [0.3, 0.4) is 0 Å². The molecule has 0 aliphatic carbocycles. The Morgan fingerprint density at radius 3 is 0.886 bits per heavy atom. The highest BCUT2D eigenvalue weighted by Crippen LogP contribution is 2.50. The van der Waals surface area contributed by atoms with E-state index in [2.05, 4.69) is 12.1 Å². The maximum atomic E-state index is 16.6. The maximum Gasteiger partial charge on any atom is 0.147 e. The molecule has 12 aromatic carbocycles. The van der Waals surface area contributed by atoms with Gasteiger partial charge in [-0.3, -0.25) is 0 Å². The highest BCUT2D eigenvalue weighted by atomic mass is 19.1. The average molecular weight is 913 g/mol. The molecule has 70 heavy (non-hydrogen) atoms. The fraction of sp³-hybridized carbons (Fsp3) is 0. The van der Waals surface area contributed by atoms with E-state index in [-0.39, 0.29) is 11.4 Å². The van der Waals surface area contributed by atoms with E-state index >= 15 is 17.6 Å². The van der Waals surface area contributed by atoms with Gasteiger partial charge < -0.3 is 9.80 Å². The van der Waals surface area contributed by atoms with Crippen molar-refractivity contribution in [3.63, 3.8) is 0 Å². The van der Waals surface area contributed by atoms with Crippen molar-refractivity contribution < 1.29 is 17.6 Å². The number of hydrogen-bond acceptors (Lipinski definition) is 2. The first-order chi connectivity index (χ1) is 34.3. The summed E-state index contributed by atoms with van der Waals surface area (Å²) < 4.78 is 64.2. The number of hydrogen-bond donors (Lipinski definition) is 0. The van der Waals surface area contributed by atoms with Gasteiger partial charge in [-0.25, -0.2) is 17.6 Å². The SMILES string of the molecule is Fc1ccc(F)c(N(c2cc(-c3ccccc3)cc(-c3ccccc3)c2)c2ccc3ccc4c(N(c5cc(-c6ccccc6)cc(-c6ccccc6)c5)c5cc(F)ccc5F)ccc5ccc2c3c54)c1. The van der Waals surface area contributed by atoms with Gasteiger partial charge in [0.15, 0.2) is 0 Å². The van der Waals surface area contributed by atoms with Crippen molar-refractivity contribution in [2.75, 3.05) is 9.80 Å². The third kappa shape index (κ3) is 7.66. The van der Waals surface area contributed by atoms with Crippen LogP contribution < -0.4 is 9.80 Å². The highest BCUT2D eigenvalue weighted by Gasteiger charge is 2.26. The third-order valence-corrected chi connectivity index (χ3v) is 13.2. The van der Waals surface area contributed by atoms with Crippen LogP contribution in [0.2, 0.25) is 0 Å². The quantitative estimate of drug-likeness (QED) is 0.0996. The first kappa shape index (κ1) is 42.4. The van der Waals surface area contributed by atoms with Crippen LogP contribution in [0, 0.1) is 23.3 Å². The van der Waals surface area contributed by atoms with E-state index in [1.165, 1.54) is 12.1 Å². The summed E-state index contributed by atoms with van der Waals surface area (Å²) in [5, 5.41) is 5.14. The number of benzene rings is 12. The van der Waals surface area contributed by atoms with E-state index in [1.54, 1.807) is 9.80 Å². The molecule has 6 heteroatoms. The molecule has 2 nitrogen and oxygen atoms in total. The Bertz CT molecular complexity index is 3510. The van der Waals surface area contributed by atoms with Crippen LogP contribution in [-0.2, 0) is 0 Å². The van der Waals surface area contributed by atoms with Crippen LogP contribution >= 0.6 is 0 Å². The van der Waals surface area contributed by atoms with E-state index in [1.807, 2.05) is 194 Å². The zero-order valence-corrected chi connectivity index (χ0v) is 37.5. The van der Waals surface area contributed by atoms with Gasteiger partial charge >= 0.3 is 0 Å². The van der Waals surface area contributed by atoms with Gasteiger partial charge in [0, 0.05) is 34.3 Å². The van der Waals surface area contributed by atoms with Crippen LogP contribution in [0.4, 0.5) is 51.7 Å². The molecule has 0 atom stereocenters. The molecule has 12 aromatic rings. The Morgan fingerprint density at radius 2 is 0.557 bits per heavy atom. The Kier molecular flexibility index (Phi) is 10.6. The molecule has 12 rings (SSSR count). The smallest absolute Gasteiger partial charge is 0.147 e. The molecule has 0 radical (unpaired) electrons. The van der Waals surface area contributed by atoms with E-state index < -0.39 is 23.3 Å². The van der Waals surface area contributed by atoms with Gasteiger partial charge in [-0.15, -0.1) is 0 Å². The fourth-order valence-corrected chi connectivity index (χ4v) is 9.96. The zero-order chi connectivity index (χ0) is 47.3. The largest absolute Gasteiger partial charge is 0.307 e. The van der Waals surface area contributed by atoms with Crippen LogP contribution in [0.25, 0.3) is 76.8 Å². The molecule has 334 valence electrons. The van der Waals surface area contributed by atoms with E-state index in [4.69, 9.17) is 0 Å². The summed E-state index contributed by atoms with van der Waals surface area (Å²) in [6, 6.07) is 75.4. The molecule has 0 bridgehead atoms. The molecular weight excluding hydrogens is 873 g/mol. The summed E-state index contributed by atoms with van der Waals surface area (Å²) in [4.78, 5) is 3.61. The molecule has 0 unspecified atom stereocenters. The summed E-state index contributed by atoms with van der Waals surface area (Å²) in [5.41, 5.74) is 10.0. The predicted molar refractivity (Wildman–Crippen MR) is 281 cm³/mol. The molecule has 0 N–H and O–H groups in total. The minimum Gasteiger partial charge on any atom is -0.307 e. The van der Waals surface area contributed by atoms with Crippen LogP contribution in [0.5, 0.6) is 0 Å². The topological polar surface area (TPSA) is 6.48 Å². The first-order valence-electron chi connectivity index (χ1n) is 23.1. The Balaban J connectivity index is 1.13. The second-order valence-corrected chi connectivity index (χ2v) is 17.5. The summed E-state index contributed by atoms with van der Waals surface area (Å²) in [5.74, 6) is -2.35. The molecular formula is C64H40F4N2. The van der Waals surface area contributed by atoms with Crippen LogP contribution in [0.15, 0.2) is 243 Å². The minimum atomic E-state index is -0.596. The number of halogens is 4. The molecule has 0 heterocycles.